The highest BCUT2D eigenvalue weighted by molar-refractivity contribution is 5.72. The highest BCUT2D eigenvalue weighted by Gasteiger charge is 2.43. The van der Waals surface area contributed by atoms with Gasteiger partial charge in [-0.2, -0.15) is 8.78 Å². The number of halogens is 10. The highest BCUT2D eigenvalue weighted by atomic mass is 19.3. The molecule has 0 spiro atoms. The van der Waals surface area contributed by atoms with Gasteiger partial charge in [-0.05, 0) is 59.9 Å². The lowest BCUT2D eigenvalue weighted by molar-refractivity contribution is -0.230. The van der Waals surface area contributed by atoms with Crippen molar-refractivity contribution >= 4 is 0 Å². The summed E-state index contributed by atoms with van der Waals surface area (Å²) >= 11 is 0. The summed E-state index contributed by atoms with van der Waals surface area (Å²) in [6, 6.07) is 6.07. The minimum Gasteiger partial charge on any atom is -0.433 e. The van der Waals surface area contributed by atoms with Crippen molar-refractivity contribution < 1.29 is 48.6 Å². The molecule has 0 fully saturated rings. The van der Waals surface area contributed by atoms with Crippen molar-refractivity contribution in [2.24, 2.45) is 0 Å². The maximum Gasteiger partial charge on any atom is 0.432 e. The molecule has 0 aliphatic heterocycles. The van der Waals surface area contributed by atoms with Crippen molar-refractivity contribution in [3.8, 4) is 22.3 Å². The van der Waals surface area contributed by atoms with Gasteiger partial charge < -0.3 is 4.74 Å². The van der Waals surface area contributed by atoms with E-state index in [1.165, 1.54) is 12.1 Å². The zero-order valence-electron chi connectivity index (χ0n) is 20.7. The number of benzene rings is 3. The molecule has 0 bridgehead atoms. The lowest BCUT2D eigenvalue weighted by Gasteiger charge is -2.23. The average Bonchev–Trinajstić information content (AvgIpc) is 2.84. The Kier molecular flexibility index (Phi) is 8.32. The molecule has 0 heterocycles. The zero-order chi connectivity index (χ0) is 29.4. The smallest absolute Gasteiger partial charge is 0.432 e. The molecule has 40 heavy (non-hydrogen) atoms. The van der Waals surface area contributed by atoms with E-state index in [-0.39, 0.29) is 29.3 Å². The molecular weight excluding hydrogens is 554 g/mol. The molecule has 11 heteroatoms. The molecule has 0 amide bonds. The van der Waals surface area contributed by atoms with Gasteiger partial charge in [0.1, 0.15) is 40.4 Å². The average molecular weight is 574 g/mol. The van der Waals surface area contributed by atoms with Crippen LogP contribution in [0.1, 0.15) is 37.3 Å². The monoisotopic (exact) mass is 574 g/mol. The summed E-state index contributed by atoms with van der Waals surface area (Å²) < 4.78 is 147. The van der Waals surface area contributed by atoms with Gasteiger partial charge in [0.05, 0.1) is 5.56 Å². The number of aryl methyl sites for hydroxylation is 1. The molecular formula is C29H20F10O. The highest BCUT2D eigenvalue weighted by Crippen LogP contribution is 2.41. The van der Waals surface area contributed by atoms with Crippen molar-refractivity contribution in [3.63, 3.8) is 0 Å². The Balaban J connectivity index is 1.66. The quantitative estimate of drug-likeness (QED) is 0.243. The maximum absolute atomic E-state index is 15.0. The summed E-state index contributed by atoms with van der Waals surface area (Å²) in [6.07, 6.45) is -6.24. The first kappa shape index (κ1) is 29.2. The number of hydrogen-bond acceptors (Lipinski definition) is 1. The van der Waals surface area contributed by atoms with Crippen LogP contribution in [0, 0.1) is 29.1 Å². The molecule has 1 unspecified atom stereocenters. The van der Waals surface area contributed by atoms with E-state index in [4.69, 9.17) is 0 Å². The van der Waals surface area contributed by atoms with Gasteiger partial charge in [0.15, 0.2) is 17.8 Å². The largest absolute Gasteiger partial charge is 0.433 e. The number of alkyl halides is 3. The first-order chi connectivity index (χ1) is 18.8. The summed E-state index contributed by atoms with van der Waals surface area (Å²) in [5.41, 5.74) is -3.44. The van der Waals surface area contributed by atoms with Gasteiger partial charge in [0.25, 0.3) is 0 Å². The fourth-order valence-corrected chi connectivity index (χ4v) is 4.30. The predicted octanol–water partition coefficient (Wildman–Crippen LogP) is 9.90. The summed E-state index contributed by atoms with van der Waals surface area (Å²) in [4.78, 5) is 0. The molecule has 3 aromatic rings. The number of allylic oxidation sites excluding steroid dienone is 4. The van der Waals surface area contributed by atoms with Crippen LogP contribution >= 0.6 is 0 Å². The first-order valence-corrected chi connectivity index (χ1v) is 12.1. The second kappa shape index (κ2) is 11.4. The Labute approximate surface area is 222 Å². The molecule has 1 atom stereocenters. The van der Waals surface area contributed by atoms with Crippen LogP contribution in [-0.2, 0) is 17.3 Å². The van der Waals surface area contributed by atoms with Gasteiger partial charge in [-0.1, -0.05) is 25.5 Å². The molecule has 0 aromatic heterocycles. The molecule has 0 radical (unpaired) electrons. The van der Waals surface area contributed by atoms with Gasteiger partial charge in [0.2, 0.25) is 0 Å². The number of ether oxygens (including phenoxy) is 1. The van der Waals surface area contributed by atoms with Gasteiger partial charge in [-0.15, -0.1) is 0 Å². The normalized spacial score (nSPS) is 15.9. The van der Waals surface area contributed by atoms with Crippen LogP contribution in [0.15, 0.2) is 66.0 Å². The van der Waals surface area contributed by atoms with E-state index in [2.05, 4.69) is 4.74 Å². The van der Waals surface area contributed by atoms with Gasteiger partial charge in [0, 0.05) is 18.1 Å². The molecule has 212 valence electrons. The topological polar surface area (TPSA) is 9.23 Å². The van der Waals surface area contributed by atoms with Gasteiger partial charge >= 0.3 is 6.11 Å². The molecule has 4 rings (SSSR count). The lowest BCUT2D eigenvalue weighted by atomic mass is 9.96. The maximum atomic E-state index is 15.0. The Morgan fingerprint density at radius 2 is 1.40 bits per heavy atom. The molecule has 0 saturated carbocycles. The van der Waals surface area contributed by atoms with Crippen molar-refractivity contribution in [2.75, 3.05) is 0 Å². The van der Waals surface area contributed by atoms with Crippen molar-refractivity contribution in [2.45, 2.75) is 44.9 Å². The summed E-state index contributed by atoms with van der Waals surface area (Å²) in [7, 11) is 0. The van der Waals surface area contributed by atoms with Crippen molar-refractivity contribution in [1.29, 1.82) is 0 Å². The molecule has 1 aliphatic carbocycles. The summed E-state index contributed by atoms with van der Waals surface area (Å²) in [5.74, 6) is -12.2. The number of rotatable bonds is 8. The third-order valence-corrected chi connectivity index (χ3v) is 6.26. The van der Waals surface area contributed by atoms with Crippen LogP contribution in [0.3, 0.4) is 0 Å². The first-order valence-electron chi connectivity index (χ1n) is 12.1. The van der Waals surface area contributed by atoms with Crippen LogP contribution in [0.2, 0.25) is 0 Å². The van der Waals surface area contributed by atoms with Crippen LogP contribution in [-0.4, -0.2) is 6.17 Å². The number of hydrogen-bond donors (Lipinski definition) is 0. The molecule has 0 saturated heterocycles. The van der Waals surface area contributed by atoms with Gasteiger partial charge in [-0.25, -0.2) is 35.1 Å². The second-order valence-electron chi connectivity index (χ2n) is 9.14. The summed E-state index contributed by atoms with van der Waals surface area (Å²) in [6.45, 7) is 1.96. The molecule has 1 nitrogen and oxygen atoms in total. The minimum atomic E-state index is -4.84. The van der Waals surface area contributed by atoms with E-state index in [9.17, 15) is 43.9 Å². The van der Waals surface area contributed by atoms with E-state index in [0.29, 0.717) is 12.0 Å². The lowest BCUT2D eigenvalue weighted by Crippen LogP contribution is -2.24. The molecule has 1 aliphatic rings. The van der Waals surface area contributed by atoms with Crippen molar-refractivity contribution in [1.82, 2.24) is 0 Å². The van der Waals surface area contributed by atoms with E-state index in [1.54, 1.807) is 6.07 Å². The van der Waals surface area contributed by atoms with Crippen LogP contribution in [0.4, 0.5) is 43.9 Å². The molecule has 0 N–H and O–H groups in total. The van der Waals surface area contributed by atoms with E-state index >= 15 is 0 Å². The van der Waals surface area contributed by atoms with E-state index in [1.807, 2.05) is 6.92 Å². The summed E-state index contributed by atoms with van der Waals surface area (Å²) in [5, 5.41) is 0. The minimum absolute atomic E-state index is 0.109. The van der Waals surface area contributed by atoms with Gasteiger partial charge in [-0.3, -0.25) is 0 Å². The zero-order valence-corrected chi connectivity index (χ0v) is 20.7. The third-order valence-electron chi connectivity index (χ3n) is 6.26. The van der Waals surface area contributed by atoms with Crippen LogP contribution in [0.5, 0.6) is 0 Å². The number of unbranched alkanes of at least 4 members (excludes halogenated alkanes) is 1. The Morgan fingerprint density at radius 3 is 1.95 bits per heavy atom. The Hall–Kier alpha value is -3.76. The molecule has 3 aromatic carbocycles. The Bertz CT molecular complexity index is 1460. The SMILES string of the molecule is CCCCc1ccc(-c2cc(F)c(-c3cc(F)c(C(F)(F)OC4=CC(F)=C(F)C(F)C4)c(F)c3)c(F)c2)c(F)c1. The Morgan fingerprint density at radius 1 is 0.800 bits per heavy atom. The third kappa shape index (κ3) is 5.88. The van der Waals surface area contributed by atoms with Crippen LogP contribution < -0.4 is 0 Å². The van der Waals surface area contributed by atoms with E-state index < -0.39 is 81.9 Å². The van der Waals surface area contributed by atoms with E-state index in [0.717, 1.165) is 25.0 Å². The second-order valence-corrected chi connectivity index (χ2v) is 9.14. The fraction of sp³-hybridized carbons (Fsp3) is 0.241. The van der Waals surface area contributed by atoms with Crippen LogP contribution in [0.25, 0.3) is 22.3 Å². The predicted molar refractivity (Wildman–Crippen MR) is 128 cm³/mol. The fourth-order valence-electron chi connectivity index (χ4n) is 4.30. The van der Waals surface area contributed by atoms with Crippen molar-refractivity contribution in [3.05, 3.63) is 106 Å². The standard InChI is InChI=1S/C29H20F10O/c1-2-3-4-14-5-6-18(19(30)7-14)15-8-20(31)26(21(32)9-15)16-10-22(33)27(23(34)11-16)29(38,39)40-17-12-24(35)28(37)25(36)13-17/h5-12,25H,2-4,13H2,1H3.